The minimum atomic E-state index is 0.610. The van der Waals surface area contributed by atoms with Crippen LogP contribution in [0.1, 0.15) is 51.2 Å². The molecular weight excluding hydrogens is 329 g/mol. The Morgan fingerprint density at radius 3 is 2.52 bits per heavy atom. The monoisotopic (exact) mass is 353 g/mol. The second kappa shape index (κ2) is 10.0. The normalized spacial score (nSPS) is 11.1. The molecular formula is C19H25Cl2NO. The smallest absolute Gasteiger partial charge is 0.135 e. The molecule has 0 fully saturated rings. The molecule has 0 aliphatic heterocycles. The zero-order valence-corrected chi connectivity index (χ0v) is 15.2. The van der Waals surface area contributed by atoms with Gasteiger partial charge in [0.05, 0.1) is 11.6 Å². The molecule has 1 N–H and O–H groups in total. The second-order valence-corrected chi connectivity index (χ2v) is 6.68. The molecule has 2 rings (SSSR count). The van der Waals surface area contributed by atoms with Gasteiger partial charge in [0, 0.05) is 10.6 Å². The van der Waals surface area contributed by atoms with Crippen LogP contribution in [0.15, 0.2) is 34.7 Å². The molecule has 0 aliphatic carbocycles. The van der Waals surface area contributed by atoms with E-state index < -0.39 is 0 Å². The van der Waals surface area contributed by atoms with Gasteiger partial charge in [0.15, 0.2) is 0 Å². The van der Waals surface area contributed by atoms with Crippen LogP contribution >= 0.6 is 23.2 Å². The summed E-state index contributed by atoms with van der Waals surface area (Å²) in [6.07, 6.45) is 7.89. The Kier molecular flexibility index (Phi) is 8.01. The summed E-state index contributed by atoms with van der Waals surface area (Å²) in [6.45, 7) is 4.03. The van der Waals surface area contributed by atoms with Crippen LogP contribution in [0.4, 0.5) is 0 Å². The van der Waals surface area contributed by atoms with Gasteiger partial charge in [-0.1, -0.05) is 62.2 Å². The van der Waals surface area contributed by atoms with Crippen LogP contribution in [0.5, 0.6) is 0 Å². The molecule has 126 valence electrons. The molecule has 0 saturated heterocycles. The average Bonchev–Trinajstić information content (AvgIpc) is 2.98. The van der Waals surface area contributed by atoms with Crippen LogP contribution in [0.25, 0.3) is 11.3 Å². The first-order valence-electron chi connectivity index (χ1n) is 8.45. The highest BCUT2D eigenvalue weighted by Gasteiger charge is 2.09. The highest BCUT2D eigenvalue weighted by molar-refractivity contribution is 6.36. The third-order valence-corrected chi connectivity index (χ3v) is 4.41. The zero-order chi connectivity index (χ0) is 16.5. The third-order valence-electron chi connectivity index (χ3n) is 3.86. The van der Waals surface area contributed by atoms with E-state index in [0.29, 0.717) is 10.0 Å². The predicted molar refractivity (Wildman–Crippen MR) is 99.2 cm³/mol. The van der Waals surface area contributed by atoms with E-state index in [1.165, 1.54) is 38.5 Å². The lowest BCUT2D eigenvalue weighted by molar-refractivity contribution is 0.485. The number of benzene rings is 1. The van der Waals surface area contributed by atoms with Crippen molar-refractivity contribution in [2.45, 2.75) is 52.0 Å². The van der Waals surface area contributed by atoms with E-state index in [4.69, 9.17) is 27.6 Å². The van der Waals surface area contributed by atoms with Gasteiger partial charge in [-0.25, -0.2) is 0 Å². The number of rotatable bonds is 10. The van der Waals surface area contributed by atoms with E-state index in [-0.39, 0.29) is 0 Å². The summed E-state index contributed by atoms with van der Waals surface area (Å²) in [6, 6.07) is 9.39. The molecule has 0 saturated carbocycles. The van der Waals surface area contributed by atoms with E-state index in [2.05, 4.69) is 12.2 Å². The van der Waals surface area contributed by atoms with Crippen LogP contribution in [0.3, 0.4) is 0 Å². The van der Waals surface area contributed by atoms with Crippen molar-refractivity contribution in [1.29, 1.82) is 0 Å². The second-order valence-electron chi connectivity index (χ2n) is 5.83. The fraction of sp³-hybridized carbons (Fsp3) is 0.474. The fourth-order valence-electron chi connectivity index (χ4n) is 2.55. The molecule has 23 heavy (non-hydrogen) atoms. The van der Waals surface area contributed by atoms with E-state index in [1.807, 2.05) is 24.3 Å². The lowest BCUT2D eigenvalue weighted by Gasteiger charge is -2.04. The van der Waals surface area contributed by atoms with E-state index in [0.717, 1.165) is 30.2 Å². The van der Waals surface area contributed by atoms with Crippen LogP contribution in [-0.4, -0.2) is 6.54 Å². The summed E-state index contributed by atoms with van der Waals surface area (Å²) in [4.78, 5) is 0. The summed E-state index contributed by atoms with van der Waals surface area (Å²) in [5.41, 5.74) is 0.873. The predicted octanol–water partition coefficient (Wildman–Crippen LogP) is 6.70. The van der Waals surface area contributed by atoms with Crippen molar-refractivity contribution in [1.82, 2.24) is 5.32 Å². The average molecular weight is 354 g/mol. The largest absolute Gasteiger partial charge is 0.460 e. The van der Waals surface area contributed by atoms with Crippen molar-refractivity contribution in [3.63, 3.8) is 0 Å². The topological polar surface area (TPSA) is 25.2 Å². The van der Waals surface area contributed by atoms with Crippen molar-refractivity contribution in [2.75, 3.05) is 6.54 Å². The maximum absolute atomic E-state index is 6.21. The first-order valence-corrected chi connectivity index (χ1v) is 9.21. The minimum Gasteiger partial charge on any atom is -0.460 e. The number of hydrogen-bond acceptors (Lipinski definition) is 2. The Balaban J connectivity index is 1.73. The SMILES string of the molecule is CCCCCCCCNCc1ccc(-c2ccc(Cl)cc2Cl)o1. The Morgan fingerprint density at radius 1 is 0.957 bits per heavy atom. The first-order chi connectivity index (χ1) is 11.2. The van der Waals surface area contributed by atoms with Crippen LogP contribution in [-0.2, 0) is 6.54 Å². The maximum Gasteiger partial charge on any atom is 0.135 e. The number of unbranched alkanes of at least 4 members (excludes halogenated alkanes) is 5. The van der Waals surface area contributed by atoms with Crippen LogP contribution in [0, 0.1) is 0 Å². The molecule has 1 aromatic heterocycles. The van der Waals surface area contributed by atoms with Crippen molar-refractivity contribution >= 4 is 23.2 Å². The van der Waals surface area contributed by atoms with E-state index in [9.17, 15) is 0 Å². The number of furan rings is 1. The summed E-state index contributed by atoms with van der Waals surface area (Å²) >= 11 is 12.1. The number of nitrogens with one attached hydrogen (secondary N) is 1. The number of halogens is 2. The van der Waals surface area contributed by atoms with Gasteiger partial charge in [-0.15, -0.1) is 0 Å². The van der Waals surface area contributed by atoms with Crippen molar-refractivity contribution in [2.24, 2.45) is 0 Å². The Bertz CT molecular complexity index is 595. The van der Waals surface area contributed by atoms with Gasteiger partial charge in [0.1, 0.15) is 11.5 Å². The van der Waals surface area contributed by atoms with E-state index >= 15 is 0 Å². The molecule has 1 aromatic carbocycles. The molecule has 0 aliphatic rings. The van der Waals surface area contributed by atoms with Gasteiger partial charge in [0.2, 0.25) is 0 Å². The van der Waals surface area contributed by atoms with Crippen LogP contribution in [0.2, 0.25) is 10.0 Å². The highest BCUT2D eigenvalue weighted by atomic mass is 35.5. The molecule has 0 amide bonds. The molecule has 0 radical (unpaired) electrons. The summed E-state index contributed by atoms with van der Waals surface area (Å²) in [5.74, 6) is 1.71. The zero-order valence-electron chi connectivity index (χ0n) is 13.7. The molecule has 4 heteroatoms. The Labute approximate surface area is 149 Å². The lowest BCUT2D eigenvalue weighted by atomic mass is 10.1. The van der Waals surface area contributed by atoms with Crippen molar-refractivity contribution < 1.29 is 4.42 Å². The standard InChI is InChI=1S/C19H25Cl2NO/c1-2-3-4-5-6-7-12-22-14-16-9-11-19(23-16)17-10-8-15(20)13-18(17)21/h8-11,13,22H,2-7,12,14H2,1H3. The summed E-state index contributed by atoms with van der Waals surface area (Å²) in [7, 11) is 0. The highest BCUT2D eigenvalue weighted by Crippen LogP contribution is 2.31. The summed E-state index contributed by atoms with van der Waals surface area (Å²) in [5, 5.41) is 4.67. The van der Waals surface area contributed by atoms with Crippen LogP contribution < -0.4 is 5.32 Å². The van der Waals surface area contributed by atoms with Gasteiger partial charge < -0.3 is 9.73 Å². The van der Waals surface area contributed by atoms with Crippen molar-refractivity contribution in [3.05, 3.63) is 46.1 Å². The lowest BCUT2D eigenvalue weighted by Crippen LogP contribution is -2.14. The molecule has 0 atom stereocenters. The first kappa shape index (κ1) is 18.4. The quantitative estimate of drug-likeness (QED) is 0.480. The van der Waals surface area contributed by atoms with Gasteiger partial charge in [-0.05, 0) is 43.3 Å². The summed E-state index contributed by atoms with van der Waals surface area (Å²) < 4.78 is 5.86. The Morgan fingerprint density at radius 2 is 1.74 bits per heavy atom. The number of hydrogen-bond donors (Lipinski definition) is 1. The van der Waals surface area contributed by atoms with Gasteiger partial charge in [0.25, 0.3) is 0 Å². The minimum absolute atomic E-state index is 0.610. The molecule has 0 spiro atoms. The van der Waals surface area contributed by atoms with Gasteiger partial charge in [-0.2, -0.15) is 0 Å². The molecule has 0 unspecified atom stereocenters. The fourth-order valence-corrected chi connectivity index (χ4v) is 3.05. The third kappa shape index (κ3) is 6.21. The molecule has 1 heterocycles. The van der Waals surface area contributed by atoms with Crippen molar-refractivity contribution in [3.8, 4) is 11.3 Å². The van der Waals surface area contributed by atoms with E-state index in [1.54, 1.807) is 6.07 Å². The molecule has 2 aromatic rings. The molecule has 2 nitrogen and oxygen atoms in total. The Hall–Kier alpha value is -0.960. The van der Waals surface area contributed by atoms with Gasteiger partial charge in [-0.3, -0.25) is 0 Å². The molecule has 0 bridgehead atoms. The van der Waals surface area contributed by atoms with Gasteiger partial charge >= 0.3 is 0 Å². The maximum atomic E-state index is 6.21.